The van der Waals surface area contributed by atoms with Gasteiger partial charge in [0.05, 0.1) is 6.61 Å². The fraction of sp³-hybridized carbons (Fsp3) is 0.800. The Morgan fingerprint density at radius 3 is 2.55 bits per heavy atom. The maximum atomic E-state index is 11.8. The standard InChI is InChI=1S/C15H26N4O3/c1-6-21-14(20)18(5)11-7-9-19(10-8-11)13-16-12(22-17-13)15(2,3)4/h11H,6-10H2,1-5H3. The van der Waals surface area contributed by atoms with Gasteiger partial charge in [-0.15, -0.1) is 0 Å². The van der Waals surface area contributed by atoms with Crippen molar-refractivity contribution in [1.29, 1.82) is 0 Å². The monoisotopic (exact) mass is 310 g/mol. The maximum absolute atomic E-state index is 11.8. The van der Waals surface area contributed by atoms with Gasteiger partial charge in [0.15, 0.2) is 0 Å². The van der Waals surface area contributed by atoms with E-state index in [2.05, 4.69) is 15.0 Å². The van der Waals surface area contributed by atoms with Gasteiger partial charge in [-0.2, -0.15) is 4.98 Å². The molecule has 0 aromatic carbocycles. The Hall–Kier alpha value is -1.79. The maximum Gasteiger partial charge on any atom is 0.409 e. The molecule has 1 amide bonds. The fourth-order valence-corrected chi connectivity index (χ4v) is 2.48. The van der Waals surface area contributed by atoms with Crippen molar-refractivity contribution < 1.29 is 14.1 Å². The molecule has 0 bridgehead atoms. The molecule has 1 aromatic rings. The normalized spacial score (nSPS) is 16.7. The summed E-state index contributed by atoms with van der Waals surface area (Å²) in [5.41, 5.74) is -0.145. The smallest absolute Gasteiger partial charge is 0.409 e. The minimum absolute atomic E-state index is 0.145. The van der Waals surface area contributed by atoms with Crippen LogP contribution in [0.25, 0.3) is 0 Å². The Balaban J connectivity index is 1.92. The van der Waals surface area contributed by atoms with Crippen LogP contribution in [0.4, 0.5) is 10.7 Å². The molecular weight excluding hydrogens is 284 g/mol. The largest absolute Gasteiger partial charge is 0.450 e. The van der Waals surface area contributed by atoms with Crippen molar-refractivity contribution in [2.75, 3.05) is 31.6 Å². The van der Waals surface area contributed by atoms with E-state index in [4.69, 9.17) is 9.26 Å². The first-order valence-electron chi connectivity index (χ1n) is 7.81. The summed E-state index contributed by atoms with van der Waals surface area (Å²) in [6, 6.07) is 0.198. The van der Waals surface area contributed by atoms with Crippen LogP contribution in [0, 0.1) is 0 Å². The van der Waals surface area contributed by atoms with Crippen molar-refractivity contribution in [2.45, 2.75) is 52.0 Å². The molecule has 0 aliphatic carbocycles. The van der Waals surface area contributed by atoms with E-state index in [1.165, 1.54) is 0 Å². The molecule has 22 heavy (non-hydrogen) atoms. The van der Waals surface area contributed by atoms with Crippen LogP contribution >= 0.6 is 0 Å². The Bertz CT molecular complexity index is 501. The third kappa shape index (κ3) is 3.69. The van der Waals surface area contributed by atoms with Gasteiger partial charge < -0.3 is 19.1 Å². The predicted molar refractivity (Wildman–Crippen MR) is 83.0 cm³/mol. The first-order valence-corrected chi connectivity index (χ1v) is 7.81. The van der Waals surface area contributed by atoms with Gasteiger partial charge in [-0.1, -0.05) is 20.8 Å². The molecule has 1 saturated heterocycles. The molecule has 1 aromatic heterocycles. The molecule has 2 rings (SSSR count). The quantitative estimate of drug-likeness (QED) is 0.854. The molecule has 7 nitrogen and oxygen atoms in total. The summed E-state index contributed by atoms with van der Waals surface area (Å²) in [6.45, 7) is 9.97. The average molecular weight is 310 g/mol. The zero-order chi connectivity index (χ0) is 16.3. The van der Waals surface area contributed by atoms with E-state index in [9.17, 15) is 4.79 Å². The molecule has 1 fully saturated rings. The van der Waals surface area contributed by atoms with Gasteiger partial charge in [0.2, 0.25) is 5.89 Å². The number of amides is 1. The summed E-state index contributed by atoms with van der Waals surface area (Å²) in [5, 5.41) is 4.08. The molecule has 0 spiro atoms. The fourth-order valence-electron chi connectivity index (χ4n) is 2.48. The second-order valence-corrected chi connectivity index (χ2v) is 6.68. The van der Waals surface area contributed by atoms with E-state index in [1.54, 1.807) is 11.9 Å². The minimum atomic E-state index is -0.254. The third-order valence-corrected chi connectivity index (χ3v) is 3.91. The van der Waals surface area contributed by atoms with E-state index in [0.717, 1.165) is 25.9 Å². The van der Waals surface area contributed by atoms with Crippen LogP contribution in [0.1, 0.15) is 46.4 Å². The van der Waals surface area contributed by atoms with E-state index in [0.29, 0.717) is 18.4 Å². The van der Waals surface area contributed by atoms with Gasteiger partial charge in [-0.05, 0) is 24.9 Å². The Kier molecular flexibility index (Phi) is 4.93. The zero-order valence-electron chi connectivity index (χ0n) is 14.1. The summed E-state index contributed by atoms with van der Waals surface area (Å²) in [5.74, 6) is 1.29. The number of nitrogens with zero attached hydrogens (tertiary/aromatic N) is 4. The highest BCUT2D eigenvalue weighted by atomic mass is 16.6. The minimum Gasteiger partial charge on any atom is -0.450 e. The summed E-state index contributed by atoms with van der Waals surface area (Å²) in [7, 11) is 1.80. The number of anilines is 1. The average Bonchev–Trinajstić information content (AvgIpc) is 2.97. The molecule has 0 radical (unpaired) electrons. The van der Waals surface area contributed by atoms with Gasteiger partial charge in [0.25, 0.3) is 5.95 Å². The lowest BCUT2D eigenvalue weighted by molar-refractivity contribution is 0.0961. The summed E-state index contributed by atoms with van der Waals surface area (Å²) >= 11 is 0. The van der Waals surface area contributed by atoms with Crippen LogP contribution < -0.4 is 4.90 Å². The van der Waals surface area contributed by atoms with E-state index in [1.807, 2.05) is 27.7 Å². The highest BCUT2D eigenvalue weighted by Gasteiger charge is 2.29. The van der Waals surface area contributed by atoms with Gasteiger partial charge in [0, 0.05) is 31.6 Å². The number of aromatic nitrogens is 2. The number of hydrogen-bond donors (Lipinski definition) is 0. The van der Waals surface area contributed by atoms with Gasteiger partial charge >= 0.3 is 6.09 Å². The molecule has 0 atom stereocenters. The first-order chi connectivity index (χ1) is 10.3. The number of piperidine rings is 1. The summed E-state index contributed by atoms with van der Waals surface area (Å²) in [4.78, 5) is 20.0. The van der Waals surface area contributed by atoms with Crippen LogP contribution in [0.3, 0.4) is 0 Å². The first kappa shape index (κ1) is 16.6. The van der Waals surface area contributed by atoms with E-state index >= 15 is 0 Å². The van der Waals surface area contributed by atoms with Crippen LogP contribution in [0.5, 0.6) is 0 Å². The molecule has 1 aliphatic heterocycles. The predicted octanol–water partition coefficient (Wildman–Crippen LogP) is 2.42. The number of rotatable bonds is 3. The van der Waals surface area contributed by atoms with Crippen molar-refractivity contribution >= 4 is 12.0 Å². The Morgan fingerprint density at radius 2 is 2.05 bits per heavy atom. The van der Waals surface area contributed by atoms with Crippen molar-refractivity contribution in [3.8, 4) is 0 Å². The molecule has 0 saturated carbocycles. The van der Waals surface area contributed by atoms with E-state index in [-0.39, 0.29) is 17.6 Å². The molecule has 7 heteroatoms. The highest BCUT2D eigenvalue weighted by molar-refractivity contribution is 5.67. The lowest BCUT2D eigenvalue weighted by Gasteiger charge is -2.35. The molecule has 124 valence electrons. The molecular formula is C15H26N4O3. The van der Waals surface area contributed by atoms with Crippen LogP contribution in [0.15, 0.2) is 4.52 Å². The van der Waals surface area contributed by atoms with Crippen molar-refractivity contribution in [1.82, 2.24) is 15.0 Å². The van der Waals surface area contributed by atoms with Gasteiger partial charge in [0.1, 0.15) is 0 Å². The Labute approximate surface area is 131 Å². The number of carbonyl (C=O) groups excluding carboxylic acids is 1. The second-order valence-electron chi connectivity index (χ2n) is 6.68. The van der Waals surface area contributed by atoms with Crippen LogP contribution in [-0.2, 0) is 10.2 Å². The zero-order valence-corrected chi connectivity index (χ0v) is 14.1. The highest BCUT2D eigenvalue weighted by Crippen LogP contribution is 2.25. The molecule has 0 N–H and O–H groups in total. The number of carbonyl (C=O) groups is 1. The topological polar surface area (TPSA) is 71.7 Å². The lowest BCUT2D eigenvalue weighted by atomic mass is 9.97. The summed E-state index contributed by atoms with van der Waals surface area (Å²) < 4.78 is 10.4. The van der Waals surface area contributed by atoms with E-state index < -0.39 is 0 Å². The van der Waals surface area contributed by atoms with Crippen molar-refractivity contribution in [3.05, 3.63) is 5.89 Å². The molecule has 0 unspecified atom stereocenters. The van der Waals surface area contributed by atoms with Crippen molar-refractivity contribution in [3.63, 3.8) is 0 Å². The van der Waals surface area contributed by atoms with Crippen LogP contribution in [-0.4, -0.2) is 53.9 Å². The molecule has 1 aliphatic rings. The Morgan fingerprint density at radius 1 is 1.41 bits per heavy atom. The SMILES string of the molecule is CCOC(=O)N(C)C1CCN(c2noc(C(C)(C)C)n2)CC1. The third-order valence-electron chi connectivity index (χ3n) is 3.91. The molecule has 2 heterocycles. The second kappa shape index (κ2) is 6.54. The van der Waals surface area contributed by atoms with Crippen LogP contribution in [0.2, 0.25) is 0 Å². The van der Waals surface area contributed by atoms with Crippen molar-refractivity contribution in [2.24, 2.45) is 0 Å². The van der Waals surface area contributed by atoms with Gasteiger partial charge in [-0.25, -0.2) is 4.79 Å². The number of hydrogen-bond acceptors (Lipinski definition) is 6. The lowest BCUT2D eigenvalue weighted by Crippen LogP contribution is -2.46. The number of ether oxygens (including phenoxy) is 1. The van der Waals surface area contributed by atoms with Gasteiger partial charge in [-0.3, -0.25) is 0 Å². The summed E-state index contributed by atoms with van der Waals surface area (Å²) in [6.07, 6.45) is 1.49.